The quantitative estimate of drug-likeness (QED) is 0.177. The summed E-state index contributed by atoms with van der Waals surface area (Å²) in [6.07, 6.45) is -1.15. The van der Waals surface area contributed by atoms with Crippen molar-refractivity contribution in [3.05, 3.63) is 0 Å². The topological polar surface area (TPSA) is 313 Å². The van der Waals surface area contributed by atoms with E-state index in [1.165, 1.54) is 0 Å². The molecule has 3 atom stereocenters. The number of amides is 2. The van der Waals surface area contributed by atoms with Crippen LogP contribution in [-0.2, 0) is 28.8 Å². The van der Waals surface area contributed by atoms with Gasteiger partial charge in [0, 0.05) is 0 Å². The van der Waals surface area contributed by atoms with Crippen molar-refractivity contribution < 1.29 is 49.2 Å². The molecule has 15 nitrogen and oxygen atoms in total. The largest absolute Gasteiger partial charge is 0.481 e. The maximum atomic E-state index is 9.99. The summed E-state index contributed by atoms with van der Waals surface area (Å²) in [5.74, 6) is -6.33. The lowest BCUT2D eigenvalue weighted by Crippen LogP contribution is -2.34. The van der Waals surface area contributed by atoms with E-state index in [4.69, 9.17) is 37.6 Å². The van der Waals surface area contributed by atoms with Crippen LogP contribution in [0.2, 0.25) is 0 Å². The molecule has 0 aromatic rings. The summed E-state index contributed by atoms with van der Waals surface area (Å²) in [5, 5.41) is 32.2. The van der Waals surface area contributed by atoms with Crippen molar-refractivity contribution in [2.45, 2.75) is 37.4 Å². The van der Waals surface area contributed by atoms with Crippen LogP contribution in [0.1, 0.15) is 19.3 Å². The Kier molecular flexibility index (Phi) is 15.8. The van der Waals surface area contributed by atoms with Crippen LogP contribution in [0.5, 0.6) is 0 Å². The number of nitrogens with two attached hydrogens (primary N) is 5. The van der Waals surface area contributed by atoms with Gasteiger partial charge in [0.15, 0.2) is 0 Å². The highest BCUT2D eigenvalue weighted by Gasteiger charge is 2.15. The molecule has 0 saturated heterocycles. The van der Waals surface area contributed by atoms with E-state index in [2.05, 4.69) is 11.5 Å². The van der Waals surface area contributed by atoms with Crippen molar-refractivity contribution in [2.24, 2.45) is 28.7 Å². The van der Waals surface area contributed by atoms with Gasteiger partial charge in [-0.15, -0.1) is 0 Å². The first kappa shape index (κ1) is 28.5. The molecule has 0 aromatic heterocycles. The number of primary amides is 2. The zero-order chi connectivity index (χ0) is 22.3. The lowest BCUT2D eigenvalue weighted by atomic mass is 10.2. The fraction of sp³-hybridized carbons (Fsp3) is 0.500. The number of carbonyl (C=O) groups is 6. The Hall–Kier alpha value is -3.30. The number of carboxylic acids is 4. The Morgan fingerprint density at radius 3 is 0.852 bits per heavy atom. The Balaban J connectivity index is -0.000000320. The van der Waals surface area contributed by atoms with Crippen molar-refractivity contribution in [3.8, 4) is 0 Å². The molecule has 0 spiro atoms. The van der Waals surface area contributed by atoms with E-state index in [-0.39, 0.29) is 12.8 Å². The molecule has 0 aliphatic heterocycles. The van der Waals surface area contributed by atoms with E-state index in [1.807, 2.05) is 0 Å². The lowest BCUT2D eigenvalue weighted by Gasteiger charge is -1.99. The minimum atomic E-state index is -1.29. The van der Waals surface area contributed by atoms with Crippen molar-refractivity contribution >= 4 is 35.7 Å². The molecule has 15 heteroatoms. The molecule has 0 rings (SSSR count). The number of hydrogen-bond donors (Lipinski definition) is 9. The van der Waals surface area contributed by atoms with Gasteiger partial charge in [-0.3, -0.25) is 28.8 Å². The van der Waals surface area contributed by atoms with Gasteiger partial charge in [0.05, 0.1) is 19.3 Å². The second kappa shape index (κ2) is 15.0. The van der Waals surface area contributed by atoms with Crippen LogP contribution in [0.25, 0.3) is 0 Å². The summed E-state index contributed by atoms with van der Waals surface area (Å²) >= 11 is 0. The van der Waals surface area contributed by atoms with E-state index in [1.54, 1.807) is 0 Å². The summed E-state index contributed by atoms with van der Waals surface area (Å²) in [6.45, 7) is 0. The molecule has 0 aliphatic carbocycles. The van der Waals surface area contributed by atoms with Crippen molar-refractivity contribution in [3.63, 3.8) is 0 Å². The molecule has 0 bridgehead atoms. The SMILES string of the molecule is NC(=O)CC(N)C(=O)O.NC(=O)CC(N)C(=O)O.NC(CC(=O)O)C(=O)O. The summed E-state index contributed by atoms with van der Waals surface area (Å²) in [7, 11) is 0. The summed E-state index contributed by atoms with van der Waals surface area (Å²) in [4.78, 5) is 59.4. The van der Waals surface area contributed by atoms with Gasteiger partial charge in [0.2, 0.25) is 11.8 Å². The normalized spacial score (nSPS) is 12.6. The molecule has 0 aliphatic rings. The average Bonchev–Trinajstić information content (AvgIpc) is 2.46. The smallest absolute Gasteiger partial charge is 0.321 e. The second-order valence-corrected chi connectivity index (χ2v) is 4.77. The number of rotatable bonds is 9. The fourth-order valence-electron chi connectivity index (χ4n) is 0.884. The predicted molar refractivity (Wildman–Crippen MR) is 86.7 cm³/mol. The summed E-state index contributed by atoms with van der Waals surface area (Å²) < 4.78 is 0. The Morgan fingerprint density at radius 1 is 0.556 bits per heavy atom. The Labute approximate surface area is 152 Å². The Bertz CT molecular complexity index is 477. The molecule has 0 fully saturated rings. The highest BCUT2D eigenvalue weighted by atomic mass is 16.4. The van der Waals surface area contributed by atoms with Crippen LogP contribution in [0.4, 0.5) is 0 Å². The average molecular weight is 397 g/mol. The van der Waals surface area contributed by atoms with Gasteiger partial charge in [0.1, 0.15) is 18.1 Å². The number of aliphatic carboxylic acids is 4. The molecule has 2 amide bonds. The number of carboxylic acid groups (broad SMARTS) is 4. The van der Waals surface area contributed by atoms with Crippen LogP contribution in [0.3, 0.4) is 0 Å². The van der Waals surface area contributed by atoms with Gasteiger partial charge in [-0.05, 0) is 0 Å². The first-order chi connectivity index (χ1) is 12.1. The van der Waals surface area contributed by atoms with Gasteiger partial charge >= 0.3 is 23.9 Å². The van der Waals surface area contributed by atoms with Gasteiger partial charge in [-0.1, -0.05) is 0 Å². The molecule has 27 heavy (non-hydrogen) atoms. The minimum absolute atomic E-state index is 0.310. The standard InChI is InChI=1S/2C4H8N2O3.C4H7NO4/c3*5-2(4(8)9)1-3(6)7/h2*2H,1,5H2,(H2,6,7)(H,8,9);2H,1,5H2,(H,6,7)(H,8,9). The second-order valence-electron chi connectivity index (χ2n) is 4.77. The summed E-state index contributed by atoms with van der Waals surface area (Å²) in [5.41, 5.74) is 24.0. The highest BCUT2D eigenvalue weighted by Crippen LogP contribution is 1.86. The lowest BCUT2D eigenvalue weighted by molar-refractivity contribution is -0.144. The van der Waals surface area contributed by atoms with Gasteiger partial charge in [-0.2, -0.15) is 0 Å². The molecule has 0 saturated carbocycles. The first-order valence-corrected chi connectivity index (χ1v) is 6.85. The summed E-state index contributed by atoms with van der Waals surface area (Å²) in [6, 6.07) is -3.62. The third-order valence-corrected chi connectivity index (χ3v) is 2.19. The van der Waals surface area contributed by atoms with E-state index in [0.717, 1.165) is 0 Å². The zero-order valence-electron chi connectivity index (χ0n) is 14.0. The third kappa shape index (κ3) is 22.7. The Morgan fingerprint density at radius 2 is 0.778 bits per heavy atom. The molecule has 14 N–H and O–H groups in total. The van der Waals surface area contributed by atoms with Crippen molar-refractivity contribution in [2.75, 3.05) is 0 Å². The first-order valence-electron chi connectivity index (χ1n) is 6.85. The van der Waals surface area contributed by atoms with Gasteiger partial charge < -0.3 is 49.1 Å². The van der Waals surface area contributed by atoms with Crippen LogP contribution in [0, 0.1) is 0 Å². The van der Waals surface area contributed by atoms with E-state index >= 15 is 0 Å². The zero-order valence-corrected chi connectivity index (χ0v) is 14.0. The molecule has 156 valence electrons. The third-order valence-electron chi connectivity index (χ3n) is 2.19. The molecule has 0 radical (unpaired) electrons. The number of carbonyl (C=O) groups excluding carboxylic acids is 2. The van der Waals surface area contributed by atoms with Crippen LogP contribution < -0.4 is 28.7 Å². The van der Waals surface area contributed by atoms with Crippen molar-refractivity contribution in [1.29, 1.82) is 0 Å². The highest BCUT2D eigenvalue weighted by molar-refractivity contribution is 5.83. The van der Waals surface area contributed by atoms with Crippen LogP contribution in [0.15, 0.2) is 0 Å². The molecular formula is C12H23N5O10. The molecular weight excluding hydrogens is 374 g/mol. The van der Waals surface area contributed by atoms with Gasteiger partial charge in [-0.25, -0.2) is 0 Å². The monoisotopic (exact) mass is 397 g/mol. The maximum absolute atomic E-state index is 9.99. The van der Waals surface area contributed by atoms with E-state index in [9.17, 15) is 28.8 Å². The fourth-order valence-corrected chi connectivity index (χ4v) is 0.884. The molecule has 0 aromatic carbocycles. The molecule has 3 unspecified atom stereocenters. The molecule has 0 heterocycles. The van der Waals surface area contributed by atoms with Gasteiger partial charge in [0.25, 0.3) is 0 Å². The van der Waals surface area contributed by atoms with Crippen LogP contribution in [-0.4, -0.2) is 74.2 Å². The predicted octanol–water partition coefficient (Wildman–Crippen LogP) is -4.58. The van der Waals surface area contributed by atoms with Crippen molar-refractivity contribution in [1.82, 2.24) is 0 Å². The van der Waals surface area contributed by atoms with E-state index in [0.29, 0.717) is 0 Å². The maximum Gasteiger partial charge on any atom is 0.321 e. The van der Waals surface area contributed by atoms with Crippen LogP contribution >= 0.6 is 0 Å². The minimum Gasteiger partial charge on any atom is -0.481 e. The van der Waals surface area contributed by atoms with E-state index < -0.39 is 60.2 Å². The number of hydrogen-bond acceptors (Lipinski definition) is 9.